The van der Waals surface area contributed by atoms with Crippen molar-refractivity contribution in [2.24, 2.45) is 10.7 Å². The van der Waals surface area contributed by atoms with Gasteiger partial charge in [-0.05, 0) is 37.3 Å². The van der Waals surface area contributed by atoms with Gasteiger partial charge < -0.3 is 20.5 Å². The summed E-state index contributed by atoms with van der Waals surface area (Å²) in [5.41, 5.74) is 3.16. The number of pyridine rings is 1. The van der Waals surface area contributed by atoms with Crippen molar-refractivity contribution in [1.29, 1.82) is 0 Å². The summed E-state index contributed by atoms with van der Waals surface area (Å²) in [6.07, 6.45) is -7.25. The number of benzene rings is 1. The molecule has 1 aromatic heterocycles. The molecule has 7 nitrogen and oxygen atoms in total. The zero-order chi connectivity index (χ0) is 24.4. The average Bonchev–Trinajstić information content (AvgIpc) is 2.73. The summed E-state index contributed by atoms with van der Waals surface area (Å²) in [5.74, 6) is -2.35. The Labute approximate surface area is 183 Å². The molecular formula is C20H18F6N4O3. The highest BCUT2D eigenvalue weighted by Crippen LogP contribution is 2.40. The van der Waals surface area contributed by atoms with E-state index in [2.05, 4.69) is 15.3 Å². The fraction of sp³-hybridized carbons (Fsp3) is 0.350. The van der Waals surface area contributed by atoms with E-state index >= 15 is 0 Å². The molecule has 0 aliphatic carbocycles. The second-order valence-electron chi connectivity index (χ2n) is 7.27. The molecule has 0 unspecified atom stereocenters. The van der Waals surface area contributed by atoms with Crippen molar-refractivity contribution in [3.63, 3.8) is 0 Å². The Morgan fingerprint density at radius 2 is 2.00 bits per heavy atom. The number of hydrogen-bond acceptors (Lipinski definition) is 6. The third-order valence-corrected chi connectivity index (χ3v) is 4.81. The van der Waals surface area contributed by atoms with E-state index in [4.69, 9.17) is 15.2 Å². The SMILES string of the molecule is C[C@]1(c2cc(NC(=O)c3ccc(F)cn3)ccc2F)N=C(N)O[C@H](CF)[C@@H]1OCC(F)(F)F. The molecule has 33 heavy (non-hydrogen) atoms. The first-order valence-electron chi connectivity index (χ1n) is 9.42. The van der Waals surface area contributed by atoms with Gasteiger partial charge in [0.05, 0.1) is 6.20 Å². The lowest BCUT2D eigenvalue weighted by Crippen LogP contribution is -2.54. The predicted molar refractivity (Wildman–Crippen MR) is 104 cm³/mol. The van der Waals surface area contributed by atoms with Gasteiger partial charge >= 0.3 is 6.18 Å². The van der Waals surface area contributed by atoms with Crippen molar-refractivity contribution < 1.29 is 40.6 Å². The summed E-state index contributed by atoms with van der Waals surface area (Å²) in [6.45, 7) is -1.85. The Balaban J connectivity index is 1.98. The van der Waals surface area contributed by atoms with E-state index in [0.29, 0.717) is 0 Å². The number of nitrogens with zero attached hydrogens (tertiary/aromatic N) is 2. The topological polar surface area (TPSA) is 98.8 Å². The van der Waals surface area contributed by atoms with Gasteiger partial charge in [0.2, 0.25) is 0 Å². The van der Waals surface area contributed by atoms with E-state index in [1.54, 1.807) is 0 Å². The Morgan fingerprint density at radius 1 is 1.27 bits per heavy atom. The number of alkyl halides is 4. The quantitative estimate of drug-likeness (QED) is 0.623. The van der Waals surface area contributed by atoms with Crippen LogP contribution in [0.3, 0.4) is 0 Å². The minimum Gasteiger partial charge on any atom is -0.456 e. The van der Waals surface area contributed by atoms with Gasteiger partial charge in [-0.1, -0.05) is 0 Å². The van der Waals surface area contributed by atoms with Crippen molar-refractivity contribution in [2.75, 3.05) is 18.6 Å². The van der Waals surface area contributed by atoms with Crippen LogP contribution in [-0.2, 0) is 15.0 Å². The first-order chi connectivity index (χ1) is 15.4. The van der Waals surface area contributed by atoms with Crippen LogP contribution in [-0.4, -0.2) is 48.6 Å². The number of aromatic nitrogens is 1. The maximum Gasteiger partial charge on any atom is 0.411 e. The van der Waals surface area contributed by atoms with Gasteiger partial charge in [-0.25, -0.2) is 23.1 Å². The van der Waals surface area contributed by atoms with Gasteiger partial charge in [0.1, 0.15) is 42.3 Å². The number of carbonyl (C=O) groups is 1. The van der Waals surface area contributed by atoms with Crippen LogP contribution in [0.4, 0.5) is 32.0 Å². The smallest absolute Gasteiger partial charge is 0.411 e. The number of nitrogens with one attached hydrogen (secondary N) is 1. The van der Waals surface area contributed by atoms with Gasteiger partial charge in [-0.2, -0.15) is 13.2 Å². The molecule has 3 rings (SSSR count). The molecule has 1 aliphatic rings. The fourth-order valence-electron chi connectivity index (χ4n) is 3.37. The molecule has 2 aromatic rings. The summed E-state index contributed by atoms with van der Waals surface area (Å²) in [4.78, 5) is 19.9. The number of halogens is 6. The largest absolute Gasteiger partial charge is 0.456 e. The molecule has 0 spiro atoms. The Kier molecular flexibility index (Phi) is 6.81. The summed E-state index contributed by atoms with van der Waals surface area (Å²) >= 11 is 0. The zero-order valence-electron chi connectivity index (χ0n) is 17.0. The summed E-state index contributed by atoms with van der Waals surface area (Å²) in [5, 5.41) is 2.41. The highest BCUT2D eigenvalue weighted by Gasteiger charge is 2.49. The molecule has 1 aliphatic heterocycles. The second-order valence-corrected chi connectivity index (χ2v) is 7.27. The van der Waals surface area contributed by atoms with E-state index in [0.717, 1.165) is 30.5 Å². The molecule has 0 bridgehead atoms. The van der Waals surface area contributed by atoms with E-state index in [-0.39, 0.29) is 16.9 Å². The van der Waals surface area contributed by atoms with Crippen LogP contribution in [0.15, 0.2) is 41.5 Å². The average molecular weight is 476 g/mol. The number of nitrogens with two attached hydrogens (primary N) is 1. The minimum atomic E-state index is -4.76. The number of ether oxygens (including phenoxy) is 2. The van der Waals surface area contributed by atoms with E-state index < -0.39 is 60.8 Å². The maximum absolute atomic E-state index is 14.8. The van der Waals surface area contributed by atoms with Crippen molar-refractivity contribution in [3.05, 3.63) is 59.4 Å². The Bertz CT molecular complexity index is 1050. The Morgan fingerprint density at radius 3 is 2.61 bits per heavy atom. The summed E-state index contributed by atoms with van der Waals surface area (Å²) < 4.78 is 89.6. The van der Waals surface area contributed by atoms with Crippen LogP contribution < -0.4 is 11.1 Å². The summed E-state index contributed by atoms with van der Waals surface area (Å²) in [6, 6.07) is 4.76. The van der Waals surface area contributed by atoms with Crippen LogP contribution in [0, 0.1) is 11.6 Å². The van der Waals surface area contributed by atoms with Crippen molar-refractivity contribution in [3.8, 4) is 0 Å². The first kappa shape index (κ1) is 24.3. The number of anilines is 1. The molecule has 0 saturated heterocycles. The van der Waals surface area contributed by atoms with Crippen LogP contribution in [0.2, 0.25) is 0 Å². The van der Waals surface area contributed by atoms with Gasteiger partial charge in [0.15, 0.2) is 6.10 Å². The molecular weight excluding hydrogens is 458 g/mol. The number of carbonyl (C=O) groups excluding carboxylic acids is 1. The number of aliphatic imine (C=N–C) groups is 1. The van der Waals surface area contributed by atoms with Gasteiger partial charge in [-0.15, -0.1) is 0 Å². The predicted octanol–water partition coefficient (Wildman–Crippen LogP) is 3.46. The fourth-order valence-corrected chi connectivity index (χ4v) is 3.37. The standard InChI is InChI=1S/C20H18F6N4O3/c1-19(16(32-9-20(24,25)26)15(7-21)33-18(27)30-19)12-6-11(3-4-13(12)23)29-17(31)14-5-2-10(22)8-28-14/h2-6,8,15-16H,7,9H2,1H3,(H2,27,30)(H,29,31)/t15-,16+,19-/m1/s1. The highest BCUT2D eigenvalue weighted by molar-refractivity contribution is 6.02. The molecule has 3 atom stereocenters. The number of hydrogen-bond donors (Lipinski definition) is 2. The molecule has 1 amide bonds. The van der Waals surface area contributed by atoms with Crippen LogP contribution in [0.1, 0.15) is 23.0 Å². The number of rotatable bonds is 6. The van der Waals surface area contributed by atoms with Crippen LogP contribution in [0.25, 0.3) is 0 Å². The lowest BCUT2D eigenvalue weighted by Gasteiger charge is -2.41. The zero-order valence-corrected chi connectivity index (χ0v) is 17.0. The third kappa shape index (κ3) is 5.53. The second kappa shape index (κ2) is 9.25. The van der Waals surface area contributed by atoms with Gasteiger partial charge in [0, 0.05) is 11.3 Å². The van der Waals surface area contributed by atoms with Gasteiger partial charge in [0.25, 0.3) is 11.9 Å². The molecule has 0 saturated carbocycles. The molecule has 1 aromatic carbocycles. The molecule has 2 heterocycles. The van der Waals surface area contributed by atoms with Crippen molar-refractivity contribution in [2.45, 2.75) is 30.8 Å². The highest BCUT2D eigenvalue weighted by atomic mass is 19.4. The molecule has 178 valence electrons. The van der Waals surface area contributed by atoms with Crippen molar-refractivity contribution >= 4 is 17.6 Å². The van der Waals surface area contributed by atoms with E-state index in [1.807, 2.05) is 0 Å². The maximum atomic E-state index is 14.8. The molecule has 0 fully saturated rings. The molecule has 13 heteroatoms. The van der Waals surface area contributed by atoms with Crippen LogP contribution >= 0.6 is 0 Å². The summed E-state index contributed by atoms with van der Waals surface area (Å²) in [7, 11) is 0. The lowest BCUT2D eigenvalue weighted by molar-refractivity contribution is -0.206. The minimum absolute atomic E-state index is 0.00961. The third-order valence-electron chi connectivity index (χ3n) is 4.81. The first-order valence-corrected chi connectivity index (χ1v) is 9.42. The Hall–Kier alpha value is -3.35. The van der Waals surface area contributed by atoms with Crippen molar-refractivity contribution in [1.82, 2.24) is 4.98 Å². The lowest BCUT2D eigenvalue weighted by atomic mass is 9.82. The van der Waals surface area contributed by atoms with E-state index in [1.165, 1.54) is 13.0 Å². The normalized spacial score (nSPS) is 22.9. The number of amides is 1. The van der Waals surface area contributed by atoms with Crippen LogP contribution in [0.5, 0.6) is 0 Å². The molecule has 0 radical (unpaired) electrons. The van der Waals surface area contributed by atoms with Gasteiger partial charge in [-0.3, -0.25) is 4.79 Å². The monoisotopic (exact) mass is 476 g/mol. The van der Waals surface area contributed by atoms with E-state index in [9.17, 15) is 31.1 Å². The number of amidine groups is 1. The molecule has 3 N–H and O–H groups in total.